The van der Waals surface area contributed by atoms with Crippen molar-refractivity contribution in [1.29, 1.82) is 0 Å². The molecule has 2 nitrogen and oxygen atoms in total. The van der Waals surface area contributed by atoms with Crippen LogP contribution in [0.3, 0.4) is 0 Å². The van der Waals surface area contributed by atoms with E-state index in [1.54, 1.807) is 0 Å². The van der Waals surface area contributed by atoms with E-state index in [9.17, 15) is 5.11 Å². The topological polar surface area (TPSA) is 32.3 Å². The normalized spacial score (nSPS) is 40.5. The Labute approximate surface area is 61.6 Å². The monoisotopic (exact) mass is 141 g/mol. The second-order valence-corrected chi connectivity index (χ2v) is 3.55. The molecule has 2 heteroatoms. The maximum absolute atomic E-state index is 9.21. The summed E-state index contributed by atoms with van der Waals surface area (Å²) in [5.74, 6) is 0. The Hall–Kier alpha value is -0.0800. The maximum Gasteiger partial charge on any atom is 0.0693 e. The van der Waals surface area contributed by atoms with Crippen LogP contribution in [0.4, 0.5) is 0 Å². The summed E-state index contributed by atoms with van der Waals surface area (Å²) < 4.78 is 0. The van der Waals surface area contributed by atoms with Crippen LogP contribution in [0, 0.1) is 0 Å². The molecule has 0 amide bonds. The van der Waals surface area contributed by atoms with Gasteiger partial charge in [0.25, 0.3) is 0 Å². The van der Waals surface area contributed by atoms with Crippen LogP contribution in [-0.2, 0) is 0 Å². The van der Waals surface area contributed by atoms with Gasteiger partial charge in [0.1, 0.15) is 0 Å². The van der Waals surface area contributed by atoms with Crippen molar-refractivity contribution >= 4 is 0 Å². The molecule has 58 valence electrons. The van der Waals surface area contributed by atoms with E-state index in [2.05, 4.69) is 5.32 Å². The molecule has 0 radical (unpaired) electrons. The number of nitrogens with one attached hydrogen (secondary N) is 1. The van der Waals surface area contributed by atoms with E-state index in [1.807, 2.05) is 0 Å². The third-order valence-electron chi connectivity index (χ3n) is 2.79. The molecule has 0 heterocycles. The predicted molar refractivity (Wildman–Crippen MR) is 39.8 cm³/mol. The SMILES string of the molecule is OC1CCC1NC1CCC1. The lowest BCUT2D eigenvalue weighted by atomic mass is 9.85. The summed E-state index contributed by atoms with van der Waals surface area (Å²) in [6.45, 7) is 0. The summed E-state index contributed by atoms with van der Waals surface area (Å²) in [5.41, 5.74) is 0. The minimum atomic E-state index is -0.0411. The van der Waals surface area contributed by atoms with Crippen molar-refractivity contribution in [3.63, 3.8) is 0 Å². The van der Waals surface area contributed by atoms with Crippen molar-refractivity contribution in [3.8, 4) is 0 Å². The minimum absolute atomic E-state index is 0.0411. The first-order chi connectivity index (χ1) is 4.86. The Balaban J connectivity index is 1.69. The zero-order chi connectivity index (χ0) is 6.97. The molecule has 2 aliphatic carbocycles. The van der Waals surface area contributed by atoms with E-state index in [0.29, 0.717) is 6.04 Å². The maximum atomic E-state index is 9.21. The van der Waals surface area contributed by atoms with Crippen molar-refractivity contribution < 1.29 is 5.11 Å². The van der Waals surface area contributed by atoms with Crippen LogP contribution in [0.25, 0.3) is 0 Å². The highest BCUT2D eigenvalue weighted by atomic mass is 16.3. The van der Waals surface area contributed by atoms with Crippen LogP contribution in [0.15, 0.2) is 0 Å². The largest absolute Gasteiger partial charge is 0.392 e. The summed E-state index contributed by atoms with van der Waals surface area (Å²) in [6.07, 6.45) is 6.16. The van der Waals surface area contributed by atoms with Crippen LogP contribution >= 0.6 is 0 Å². The fourth-order valence-corrected chi connectivity index (χ4v) is 1.55. The van der Waals surface area contributed by atoms with E-state index in [4.69, 9.17) is 0 Å². The molecule has 0 spiro atoms. The molecule has 2 fully saturated rings. The number of hydrogen-bond donors (Lipinski definition) is 2. The smallest absolute Gasteiger partial charge is 0.0693 e. The fraction of sp³-hybridized carbons (Fsp3) is 1.00. The Morgan fingerprint density at radius 1 is 1.10 bits per heavy atom. The Morgan fingerprint density at radius 3 is 2.20 bits per heavy atom. The van der Waals surface area contributed by atoms with Gasteiger partial charge in [-0.1, -0.05) is 6.42 Å². The van der Waals surface area contributed by atoms with Gasteiger partial charge in [-0.05, 0) is 25.7 Å². The molecule has 2 N–H and O–H groups in total. The van der Waals surface area contributed by atoms with Gasteiger partial charge in [-0.3, -0.25) is 0 Å². The van der Waals surface area contributed by atoms with Gasteiger partial charge >= 0.3 is 0 Å². The summed E-state index contributed by atoms with van der Waals surface area (Å²) in [4.78, 5) is 0. The van der Waals surface area contributed by atoms with Crippen LogP contribution in [-0.4, -0.2) is 23.3 Å². The van der Waals surface area contributed by atoms with Crippen LogP contribution in [0.2, 0.25) is 0 Å². The van der Waals surface area contributed by atoms with Crippen LogP contribution in [0.1, 0.15) is 32.1 Å². The van der Waals surface area contributed by atoms with E-state index >= 15 is 0 Å². The van der Waals surface area contributed by atoms with Crippen LogP contribution in [0.5, 0.6) is 0 Å². The minimum Gasteiger partial charge on any atom is -0.392 e. The van der Waals surface area contributed by atoms with Gasteiger partial charge < -0.3 is 10.4 Å². The molecule has 2 unspecified atom stereocenters. The van der Waals surface area contributed by atoms with Crippen molar-refractivity contribution in [2.75, 3.05) is 0 Å². The Morgan fingerprint density at radius 2 is 1.90 bits per heavy atom. The standard InChI is InChI=1S/C8H15NO/c10-8-5-4-7(8)9-6-2-1-3-6/h6-10H,1-5H2. The molecule has 0 aromatic carbocycles. The molecule has 0 aromatic heterocycles. The molecule has 2 rings (SSSR count). The molecule has 2 saturated carbocycles. The zero-order valence-electron chi connectivity index (χ0n) is 6.21. The van der Waals surface area contributed by atoms with Gasteiger partial charge in [-0.2, -0.15) is 0 Å². The van der Waals surface area contributed by atoms with Gasteiger partial charge in [0.05, 0.1) is 6.10 Å². The summed E-state index contributed by atoms with van der Waals surface area (Å²) in [6, 6.07) is 1.17. The summed E-state index contributed by atoms with van der Waals surface area (Å²) >= 11 is 0. The molecule has 2 aliphatic rings. The lowest BCUT2D eigenvalue weighted by Gasteiger charge is -2.39. The molecule has 0 aromatic rings. The van der Waals surface area contributed by atoms with Crippen molar-refractivity contribution in [2.24, 2.45) is 0 Å². The Bertz CT molecular complexity index is 122. The van der Waals surface area contributed by atoms with E-state index < -0.39 is 0 Å². The van der Waals surface area contributed by atoms with E-state index in [0.717, 1.165) is 12.5 Å². The molecule has 0 saturated heterocycles. The zero-order valence-corrected chi connectivity index (χ0v) is 6.21. The van der Waals surface area contributed by atoms with Crippen molar-refractivity contribution in [2.45, 2.75) is 50.3 Å². The van der Waals surface area contributed by atoms with Gasteiger partial charge in [0, 0.05) is 12.1 Å². The lowest BCUT2D eigenvalue weighted by molar-refractivity contribution is 0.0377. The van der Waals surface area contributed by atoms with Crippen molar-refractivity contribution in [3.05, 3.63) is 0 Å². The van der Waals surface area contributed by atoms with Gasteiger partial charge in [0.2, 0.25) is 0 Å². The summed E-state index contributed by atoms with van der Waals surface area (Å²) in [5, 5.41) is 12.7. The average molecular weight is 141 g/mol. The van der Waals surface area contributed by atoms with Crippen molar-refractivity contribution in [1.82, 2.24) is 5.32 Å². The highest BCUT2D eigenvalue weighted by Gasteiger charge is 2.31. The third kappa shape index (κ3) is 1.06. The molecule has 10 heavy (non-hydrogen) atoms. The second-order valence-electron chi connectivity index (χ2n) is 3.55. The lowest BCUT2D eigenvalue weighted by Crippen LogP contribution is -2.53. The van der Waals surface area contributed by atoms with E-state index in [-0.39, 0.29) is 6.10 Å². The number of rotatable bonds is 2. The van der Waals surface area contributed by atoms with E-state index in [1.165, 1.54) is 25.7 Å². The Kier molecular flexibility index (Phi) is 1.66. The van der Waals surface area contributed by atoms with Gasteiger partial charge in [-0.25, -0.2) is 0 Å². The number of aliphatic hydroxyl groups excluding tert-OH is 1. The molecule has 2 atom stereocenters. The molecular weight excluding hydrogens is 126 g/mol. The first-order valence-electron chi connectivity index (χ1n) is 4.30. The molecule has 0 aliphatic heterocycles. The summed E-state index contributed by atoms with van der Waals surface area (Å²) in [7, 11) is 0. The quantitative estimate of drug-likeness (QED) is 0.592. The molecule has 0 bridgehead atoms. The van der Waals surface area contributed by atoms with Gasteiger partial charge in [0.15, 0.2) is 0 Å². The first-order valence-corrected chi connectivity index (χ1v) is 4.30. The highest BCUT2D eigenvalue weighted by molar-refractivity contribution is 4.90. The second kappa shape index (κ2) is 2.51. The number of aliphatic hydroxyl groups is 1. The highest BCUT2D eigenvalue weighted by Crippen LogP contribution is 2.25. The third-order valence-corrected chi connectivity index (χ3v) is 2.79. The van der Waals surface area contributed by atoms with Gasteiger partial charge in [-0.15, -0.1) is 0 Å². The average Bonchev–Trinajstić information content (AvgIpc) is 1.82. The van der Waals surface area contributed by atoms with Crippen LogP contribution < -0.4 is 5.32 Å². The fourth-order valence-electron chi connectivity index (χ4n) is 1.55. The molecular formula is C8H15NO. The number of hydrogen-bond acceptors (Lipinski definition) is 2. The first kappa shape index (κ1) is 6.62. The predicted octanol–water partition coefficient (Wildman–Crippen LogP) is 0.652.